The second kappa shape index (κ2) is 3.92. The Morgan fingerprint density at radius 2 is 2.00 bits per heavy atom. The largest absolute Gasteiger partial charge is 0.448 e. The summed E-state index contributed by atoms with van der Waals surface area (Å²) >= 11 is 4.98. The lowest BCUT2D eigenvalue weighted by Crippen LogP contribution is -2.07. The third-order valence-electron chi connectivity index (χ3n) is 2.20. The predicted molar refractivity (Wildman–Crippen MR) is 58.8 cm³/mol. The molecule has 0 N–H and O–H groups in total. The van der Waals surface area contributed by atoms with Crippen molar-refractivity contribution in [1.29, 1.82) is 0 Å². The van der Waals surface area contributed by atoms with E-state index in [4.69, 9.17) is 11.6 Å². The molecule has 0 aromatic heterocycles. The molecule has 1 aromatic carbocycles. The summed E-state index contributed by atoms with van der Waals surface area (Å²) in [5, 5.41) is 0. The van der Waals surface area contributed by atoms with Gasteiger partial charge >= 0.3 is 5.43 Å². The van der Waals surface area contributed by atoms with Crippen LogP contribution < -0.4 is 0 Å². The Morgan fingerprint density at radius 3 is 2.62 bits per heavy atom. The Morgan fingerprint density at radius 1 is 1.31 bits per heavy atom. The lowest BCUT2D eigenvalue weighted by atomic mass is 10.2. The maximum absolute atomic E-state index is 11.9. The number of hydrogen-bond donors (Lipinski definition) is 0. The van der Waals surface area contributed by atoms with Crippen LogP contribution >= 0.6 is 11.6 Å². The average Bonchev–Trinajstić information content (AvgIpc) is 2.48. The van der Waals surface area contributed by atoms with Crippen molar-refractivity contribution < 1.29 is 17.9 Å². The molecular formula is C10H7ClO4S. The maximum Gasteiger partial charge on any atom is 0.404 e. The van der Waals surface area contributed by atoms with Crippen molar-refractivity contribution in [2.24, 2.45) is 0 Å². The smallest absolute Gasteiger partial charge is 0.404 e. The van der Waals surface area contributed by atoms with Crippen LogP contribution in [0.4, 0.5) is 4.79 Å². The van der Waals surface area contributed by atoms with E-state index in [1.54, 1.807) is 18.2 Å². The van der Waals surface area contributed by atoms with E-state index in [1.165, 1.54) is 12.1 Å². The van der Waals surface area contributed by atoms with E-state index < -0.39 is 15.3 Å². The summed E-state index contributed by atoms with van der Waals surface area (Å²) in [6.07, 6.45) is 1.48. The number of hydrogen-bond acceptors (Lipinski definition) is 4. The van der Waals surface area contributed by atoms with E-state index in [0.717, 1.165) is 0 Å². The van der Waals surface area contributed by atoms with Crippen LogP contribution in [0.3, 0.4) is 0 Å². The minimum Gasteiger partial charge on any atom is -0.448 e. The minimum atomic E-state index is -3.52. The lowest BCUT2D eigenvalue weighted by molar-refractivity contribution is 0.185. The quantitative estimate of drug-likeness (QED) is 0.763. The fourth-order valence-corrected chi connectivity index (χ4v) is 3.01. The molecule has 16 heavy (non-hydrogen) atoms. The van der Waals surface area contributed by atoms with Gasteiger partial charge in [-0.2, -0.15) is 0 Å². The molecule has 4 nitrogen and oxygen atoms in total. The van der Waals surface area contributed by atoms with E-state index in [9.17, 15) is 13.2 Å². The Kier molecular flexibility index (Phi) is 2.73. The van der Waals surface area contributed by atoms with Crippen molar-refractivity contribution in [2.75, 3.05) is 6.61 Å². The fourth-order valence-electron chi connectivity index (χ4n) is 1.48. The standard InChI is InChI=1S/C10H7ClO4S/c11-10(12)15-6-8-5-7-3-1-2-4-9(7)16(8,13)14/h1-5H,6H2. The van der Waals surface area contributed by atoms with Gasteiger partial charge in [0.15, 0.2) is 0 Å². The number of benzene rings is 1. The van der Waals surface area contributed by atoms with Crippen molar-refractivity contribution in [3.05, 3.63) is 34.7 Å². The molecule has 0 spiro atoms. The van der Waals surface area contributed by atoms with Crippen LogP contribution in [-0.2, 0) is 14.6 Å². The van der Waals surface area contributed by atoms with Gasteiger partial charge in [0.05, 0.1) is 9.80 Å². The van der Waals surface area contributed by atoms with Crippen LogP contribution in [0.2, 0.25) is 0 Å². The van der Waals surface area contributed by atoms with Crippen molar-refractivity contribution in [3.8, 4) is 0 Å². The van der Waals surface area contributed by atoms with Crippen LogP contribution in [0, 0.1) is 0 Å². The highest BCUT2D eigenvalue weighted by Crippen LogP contribution is 2.32. The zero-order valence-electron chi connectivity index (χ0n) is 8.01. The Hall–Kier alpha value is -1.33. The molecule has 1 aliphatic heterocycles. The molecule has 0 saturated heterocycles. The molecule has 6 heteroatoms. The van der Waals surface area contributed by atoms with E-state index in [2.05, 4.69) is 4.74 Å². The summed E-state index contributed by atoms with van der Waals surface area (Å²) in [5.74, 6) is 0. The molecule has 0 fully saturated rings. The first-order valence-electron chi connectivity index (χ1n) is 4.39. The number of sulfone groups is 1. The van der Waals surface area contributed by atoms with Crippen LogP contribution in [0.15, 0.2) is 34.1 Å². The first kappa shape index (κ1) is 11.2. The first-order valence-corrected chi connectivity index (χ1v) is 6.25. The van der Waals surface area contributed by atoms with E-state index in [0.29, 0.717) is 5.56 Å². The highest BCUT2D eigenvalue weighted by atomic mass is 35.5. The maximum atomic E-state index is 11.9. The summed E-state index contributed by atoms with van der Waals surface area (Å²) in [5.41, 5.74) is -0.421. The molecule has 1 aromatic rings. The summed E-state index contributed by atoms with van der Waals surface area (Å²) in [6.45, 7) is -0.334. The third kappa shape index (κ3) is 1.83. The van der Waals surface area contributed by atoms with E-state index >= 15 is 0 Å². The average molecular weight is 259 g/mol. The first-order chi connectivity index (χ1) is 7.51. The monoisotopic (exact) mass is 258 g/mol. The van der Waals surface area contributed by atoms with Gasteiger partial charge in [0.2, 0.25) is 9.84 Å². The second-order valence-corrected chi connectivity index (χ2v) is 5.46. The Bertz CT molecular complexity index is 574. The van der Waals surface area contributed by atoms with Gasteiger partial charge in [0.25, 0.3) is 0 Å². The summed E-state index contributed by atoms with van der Waals surface area (Å²) in [6, 6.07) is 6.57. The zero-order chi connectivity index (χ0) is 11.8. The topological polar surface area (TPSA) is 60.4 Å². The van der Waals surface area contributed by atoms with Gasteiger partial charge in [-0.1, -0.05) is 18.2 Å². The lowest BCUT2D eigenvalue weighted by Gasteiger charge is -2.02. The number of carbonyl (C=O) groups is 1. The van der Waals surface area contributed by atoms with Gasteiger partial charge in [-0.05, 0) is 17.7 Å². The molecule has 0 amide bonds. The normalized spacial score (nSPS) is 16.4. The van der Waals surface area contributed by atoms with Gasteiger partial charge in [-0.25, -0.2) is 13.2 Å². The predicted octanol–water partition coefficient (Wildman–Crippen LogP) is 2.19. The molecule has 0 bridgehead atoms. The minimum absolute atomic E-state index is 0.0442. The highest BCUT2D eigenvalue weighted by Gasteiger charge is 2.29. The van der Waals surface area contributed by atoms with E-state index in [-0.39, 0.29) is 16.4 Å². The SMILES string of the molecule is O=C(Cl)OCC1=Cc2ccccc2S1(=O)=O. The fraction of sp³-hybridized carbons (Fsp3) is 0.100. The Balaban J connectivity index is 2.36. The molecule has 2 rings (SSSR count). The van der Waals surface area contributed by atoms with Gasteiger partial charge in [-0.15, -0.1) is 0 Å². The zero-order valence-corrected chi connectivity index (χ0v) is 9.59. The molecular weight excluding hydrogens is 252 g/mol. The number of halogens is 1. The second-order valence-electron chi connectivity index (χ2n) is 3.18. The summed E-state index contributed by atoms with van der Waals surface area (Å²) in [4.78, 5) is 10.7. The molecule has 0 radical (unpaired) electrons. The molecule has 1 heterocycles. The third-order valence-corrected chi connectivity index (χ3v) is 4.18. The molecule has 0 unspecified atom stereocenters. The van der Waals surface area contributed by atoms with Crippen LogP contribution in [0.5, 0.6) is 0 Å². The molecule has 84 valence electrons. The van der Waals surface area contributed by atoms with Crippen molar-refractivity contribution in [1.82, 2.24) is 0 Å². The molecule has 0 saturated carbocycles. The molecule has 0 atom stereocenters. The number of fused-ring (bicyclic) bond motifs is 1. The van der Waals surface area contributed by atoms with Crippen molar-refractivity contribution >= 4 is 32.9 Å². The van der Waals surface area contributed by atoms with Gasteiger partial charge in [-0.3, -0.25) is 0 Å². The summed E-state index contributed by atoms with van der Waals surface area (Å²) in [7, 11) is -3.52. The van der Waals surface area contributed by atoms with Crippen molar-refractivity contribution in [2.45, 2.75) is 4.90 Å². The number of rotatable bonds is 2. The van der Waals surface area contributed by atoms with Crippen LogP contribution in [0.1, 0.15) is 5.56 Å². The van der Waals surface area contributed by atoms with Gasteiger partial charge in [0.1, 0.15) is 6.61 Å². The van der Waals surface area contributed by atoms with Crippen LogP contribution in [-0.4, -0.2) is 20.5 Å². The Labute approximate surface area is 97.4 Å². The summed E-state index contributed by atoms with van der Waals surface area (Å²) < 4.78 is 28.3. The van der Waals surface area contributed by atoms with Gasteiger partial charge in [0, 0.05) is 11.6 Å². The molecule has 0 aliphatic carbocycles. The molecule has 1 aliphatic rings. The van der Waals surface area contributed by atoms with E-state index in [1.807, 2.05) is 0 Å². The highest BCUT2D eigenvalue weighted by molar-refractivity contribution is 7.95. The number of carbonyl (C=O) groups excluding carboxylic acids is 1. The van der Waals surface area contributed by atoms with Gasteiger partial charge < -0.3 is 4.74 Å². The van der Waals surface area contributed by atoms with Crippen molar-refractivity contribution in [3.63, 3.8) is 0 Å². The van der Waals surface area contributed by atoms with Crippen LogP contribution in [0.25, 0.3) is 6.08 Å². The number of ether oxygens (including phenoxy) is 1.